The molecule has 35 heavy (non-hydrogen) atoms. The second kappa shape index (κ2) is 11.4. The van der Waals surface area contributed by atoms with E-state index in [1.165, 1.54) is 24.5 Å². The molecule has 1 aromatic carbocycles. The molecule has 1 aliphatic heterocycles. The highest BCUT2D eigenvalue weighted by Gasteiger charge is 2.31. The second-order valence-electron chi connectivity index (χ2n) is 8.70. The number of likely N-dealkylation sites (tertiary alicyclic amines) is 1. The molecule has 2 heterocycles. The van der Waals surface area contributed by atoms with Crippen LogP contribution in [0.3, 0.4) is 0 Å². The minimum atomic E-state index is -4.83. The van der Waals surface area contributed by atoms with E-state index in [4.69, 9.17) is 0 Å². The van der Waals surface area contributed by atoms with Crippen molar-refractivity contribution in [2.45, 2.75) is 64.9 Å². The number of carbonyl (C=O) groups is 2. The number of rotatable bonds is 7. The van der Waals surface area contributed by atoms with Crippen LogP contribution in [0, 0.1) is 0 Å². The van der Waals surface area contributed by atoms with Crippen molar-refractivity contribution < 1.29 is 27.5 Å². The summed E-state index contributed by atoms with van der Waals surface area (Å²) in [6, 6.07) is 5.15. The highest BCUT2D eigenvalue weighted by atomic mass is 19.4. The van der Waals surface area contributed by atoms with Crippen LogP contribution in [0.25, 0.3) is 0 Å². The lowest BCUT2D eigenvalue weighted by Gasteiger charge is -2.22. The van der Waals surface area contributed by atoms with Crippen molar-refractivity contribution in [2.75, 3.05) is 13.1 Å². The van der Waals surface area contributed by atoms with Gasteiger partial charge in [0.05, 0.1) is 0 Å². The van der Waals surface area contributed by atoms with E-state index in [-0.39, 0.29) is 29.6 Å². The Kier molecular flexibility index (Phi) is 8.58. The van der Waals surface area contributed by atoms with Crippen LogP contribution in [0.1, 0.15) is 78.3 Å². The molecular formula is C25H30F3N3O4. The lowest BCUT2D eigenvalue weighted by molar-refractivity contribution is -0.274. The molecule has 0 spiro atoms. The van der Waals surface area contributed by atoms with Crippen LogP contribution in [-0.2, 0) is 6.54 Å². The summed E-state index contributed by atoms with van der Waals surface area (Å²) in [6.07, 6.45) is 2.60. The van der Waals surface area contributed by atoms with Gasteiger partial charge in [-0.25, -0.2) is 0 Å². The average Bonchev–Trinajstić information content (AvgIpc) is 3.10. The van der Waals surface area contributed by atoms with Crippen molar-refractivity contribution in [1.29, 1.82) is 0 Å². The van der Waals surface area contributed by atoms with Crippen LogP contribution >= 0.6 is 0 Å². The van der Waals surface area contributed by atoms with Gasteiger partial charge in [-0.15, -0.1) is 13.2 Å². The minimum Gasteiger partial charge on any atom is -0.406 e. The number of benzene rings is 1. The van der Waals surface area contributed by atoms with Gasteiger partial charge in [-0.3, -0.25) is 14.4 Å². The van der Waals surface area contributed by atoms with E-state index < -0.39 is 23.4 Å². The van der Waals surface area contributed by atoms with Crippen LogP contribution < -0.4 is 15.5 Å². The van der Waals surface area contributed by atoms with Crippen molar-refractivity contribution in [3.63, 3.8) is 0 Å². The van der Waals surface area contributed by atoms with E-state index in [2.05, 4.69) is 10.1 Å². The summed E-state index contributed by atoms with van der Waals surface area (Å²) in [6.45, 7) is 4.87. The summed E-state index contributed by atoms with van der Waals surface area (Å²) in [5, 5.41) is 2.57. The number of hydrogen-bond donors (Lipinski definition) is 1. The molecular weight excluding hydrogens is 463 g/mol. The standard InChI is InChI=1S/C25H30F3N3O4/c1-3-17(2)31-15-20(22(32)21(16-31)24(34)30-11-6-4-5-7-12-30)23(33)29-14-18-9-8-10-19(13-18)35-25(26,27)28/h8-10,13,15-17H,3-7,11-12,14H2,1-2H3,(H,29,33)/t17-/m1/s1. The van der Waals surface area contributed by atoms with Gasteiger partial charge in [0.25, 0.3) is 11.8 Å². The van der Waals surface area contributed by atoms with Crippen molar-refractivity contribution in [2.24, 2.45) is 0 Å². The average molecular weight is 494 g/mol. The van der Waals surface area contributed by atoms with Crippen molar-refractivity contribution >= 4 is 11.8 Å². The minimum absolute atomic E-state index is 0.0552. The summed E-state index contributed by atoms with van der Waals surface area (Å²) in [5.74, 6) is -1.51. The van der Waals surface area contributed by atoms with Gasteiger partial charge < -0.3 is 19.5 Å². The first-order chi connectivity index (χ1) is 16.6. The number of carbonyl (C=O) groups excluding carboxylic acids is 2. The van der Waals surface area contributed by atoms with Gasteiger partial charge in [0.15, 0.2) is 0 Å². The van der Waals surface area contributed by atoms with Gasteiger partial charge in [0.2, 0.25) is 5.43 Å². The van der Waals surface area contributed by atoms with Crippen LogP contribution in [0.5, 0.6) is 5.75 Å². The SMILES string of the molecule is CC[C@@H](C)n1cc(C(=O)NCc2cccc(OC(F)(F)F)c2)c(=O)c(C(=O)N2CCCCCC2)c1. The highest BCUT2D eigenvalue weighted by Crippen LogP contribution is 2.23. The number of halogens is 3. The van der Waals surface area contributed by atoms with Gasteiger partial charge in [-0.05, 0) is 43.9 Å². The van der Waals surface area contributed by atoms with Crippen LogP contribution in [0.15, 0.2) is 41.5 Å². The first-order valence-electron chi connectivity index (χ1n) is 11.8. The smallest absolute Gasteiger partial charge is 0.406 e. The number of amides is 2. The topological polar surface area (TPSA) is 80.6 Å². The number of aromatic nitrogens is 1. The molecule has 2 amide bonds. The van der Waals surface area contributed by atoms with E-state index in [0.29, 0.717) is 25.1 Å². The first-order valence-corrected chi connectivity index (χ1v) is 11.8. The lowest BCUT2D eigenvalue weighted by atomic mass is 10.1. The molecule has 2 aromatic rings. The molecule has 0 bridgehead atoms. The van der Waals surface area contributed by atoms with Crippen molar-refractivity contribution in [1.82, 2.24) is 14.8 Å². The number of alkyl halides is 3. The lowest BCUT2D eigenvalue weighted by Crippen LogP contribution is -2.38. The molecule has 3 rings (SSSR count). The summed E-state index contributed by atoms with van der Waals surface area (Å²) in [7, 11) is 0. The third-order valence-electron chi connectivity index (χ3n) is 6.10. The molecule has 0 aliphatic carbocycles. The zero-order valence-corrected chi connectivity index (χ0v) is 19.9. The number of hydrogen-bond acceptors (Lipinski definition) is 4. The quantitative estimate of drug-likeness (QED) is 0.608. The maximum Gasteiger partial charge on any atom is 0.573 e. The van der Waals surface area contributed by atoms with Crippen LogP contribution in [-0.4, -0.2) is 40.7 Å². The second-order valence-corrected chi connectivity index (χ2v) is 8.70. The van der Waals surface area contributed by atoms with E-state index in [0.717, 1.165) is 37.8 Å². The molecule has 10 heteroatoms. The molecule has 190 valence electrons. The molecule has 1 fully saturated rings. The Morgan fingerprint density at radius 1 is 1.09 bits per heavy atom. The molecule has 1 N–H and O–H groups in total. The fourth-order valence-electron chi connectivity index (χ4n) is 3.95. The molecule has 0 unspecified atom stereocenters. The zero-order chi connectivity index (χ0) is 25.6. The molecule has 1 aromatic heterocycles. The molecule has 1 aliphatic rings. The first kappa shape index (κ1) is 26.3. The van der Waals surface area contributed by atoms with Gasteiger partial charge in [-0.1, -0.05) is 31.9 Å². The van der Waals surface area contributed by atoms with Gasteiger partial charge in [0, 0.05) is 38.1 Å². The Labute approximate surface area is 201 Å². The van der Waals surface area contributed by atoms with Crippen LogP contribution in [0.2, 0.25) is 0 Å². The maximum absolute atomic E-state index is 13.2. The highest BCUT2D eigenvalue weighted by molar-refractivity contribution is 5.99. The normalized spacial score (nSPS) is 15.3. The van der Waals surface area contributed by atoms with Gasteiger partial charge in [-0.2, -0.15) is 0 Å². The monoisotopic (exact) mass is 493 g/mol. The van der Waals surface area contributed by atoms with E-state index in [9.17, 15) is 27.6 Å². The van der Waals surface area contributed by atoms with E-state index >= 15 is 0 Å². The molecule has 1 saturated heterocycles. The summed E-state index contributed by atoms with van der Waals surface area (Å²) < 4.78 is 43.1. The van der Waals surface area contributed by atoms with E-state index in [1.807, 2.05) is 13.8 Å². The summed E-state index contributed by atoms with van der Waals surface area (Å²) in [4.78, 5) is 41.0. The fraction of sp³-hybridized carbons (Fsp3) is 0.480. The Balaban J connectivity index is 1.85. The Morgan fingerprint density at radius 2 is 1.74 bits per heavy atom. The third-order valence-corrected chi connectivity index (χ3v) is 6.10. The number of ether oxygens (including phenoxy) is 1. The number of nitrogens with zero attached hydrogens (tertiary/aromatic N) is 2. The van der Waals surface area contributed by atoms with E-state index in [1.54, 1.807) is 9.47 Å². The Morgan fingerprint density at radius 3 is 2.37 bits per heavy atom. The number of pyridine rings is 1. The summed E-state index contributed by atoms with van der Waals surface area (Å²) >= 11 is 0. The van der Waals surface area contributed by atoms with Gasteiger partial charge >= 0.3 is 6.36 Å². The van der Waals surface area contributed by atoms with Crippen molar-refractivity contribution in [3.8, 4) is 5.75 Å². The molecule has 0 radical (unpaired) electrons. The van der Waals surface area contributed by atoms with Gasteiger partial charge in [0.1, 0.15) is 16.9 Å². The Hall–Kier alpha value is -3.30. The third kappa shape index (κ3) is 7.10. The Bertz CT molecular complexity index is 1110. The predicted octanol–water partition coefficient (Wildman–Crippen LogP) is 4.66. The zero-order valence-electron chi connectivity index (χ0n) is 19.9. The van der Waals surface area contributed by atoms with Crippen LogP contribution in [0.4, 0.5) is 13.2 Å². The molecule has 1 atom stereocenters. The number of nitrogens with one attached hydrogen (secondary N) is 1. The van der Waals surface area contributed by atoms with Crippen molar-refractivity contribution in [3.05, 3.63) is 63.6 Å². The largest absolute Gasteiger partial charge is 0.573 e. The molecule has 7 nitrogen and oxygen atoms in total. The molecule has 0 saturated carbocycles. The summed E-state index contributed by atoms with van der Waals surface area (Å²) in [5.41, 5.74) is -0.543. The fourth-order valence-corrected chi connectivity index (χ4v) is 3.95. The predicted molar refractivity (Wildman–Crippen MR) is 124 cm³/mol. The maximum atomic E-state index is 13.2.